The van der Waals surface area contributed by atoms with E-state index in [4.69, 9.17) is 16.2 Å². The molecule has 210 valence electrons. The van der Waals surface area contributed by atoms with Crippen LogP contribution in [0.5, 0.6) is 11.5 Å². The molecule has 1 aliphatic rings. The van der Waals surface area contributed by atoms with Crippen molar-refractivity contribution in [2.45, 2.75) is 85.0 Å². The third-order valence-corrected chi connectivity index (χ3v) is 7.37. The highest BCUT2D eigenvalue weighted by Crippen LogP contribution is 2.41. The number of anilines is 1. The van der Waals surface area contributed by atoms with E-state index in [-0.39, 0.29) is 17.4 Å². The molecule has 1 heterocycles. The van der Waals surface area contributed by atoms with Crippen molar-refractivity contribution in [3.8, 4) is 23.8 Å². The van der Waals surface area contributed by atoms with Crippen molar-refractivity contribution in [1.82, 2.24) is 0 Å². The van der Waals surface area contributed by atoms with Crippen LogP contribution in [-0.4, -0.2) is 28.9 Å². The lowest BCUT2D eigenvalue weighted by atomic mass is 9.78. The minimum atomic E-state index is -1.09. The van der Waals surface area contributed by atoms with Gasteiger partial charge in [0, 0.05) is 17.7 Å². The Morgan fingerprint density at radius 2 is 1.55 bits per heavy atom. The predicted octanol–water partition coefficient (Wildman–Crippen LogP) is 7.26. The van der Waals surface area contributed by atoms with Crippen molar-refractivity contribution in [1.29, 1.82) is 0 Å². The molecule has 0 radical (unpaired) electrons. The highest BCUT2D eigenvalue weighted by Gasteiger charge is 2.31. The fraction of sp³-hybridized carbons (Fsp3) is 0.400. The van der Waals surface area contributed by atoms with Gasteiger partial charge in [0.15, 0.2) is 0 Å². The summed E-state index contributed by atoms with van der Waals surface area (Å²) in [6.45, 7) is 17.5. The highest BCUT2D eigenvalue weighted by atomic mass is 16.5. The number of fused-ring (bicyclic) bond motifs is 1. The van der Waals surface area contributed by atoms with Gasteiger partial charge in [-0.1, -0.05) is 85.6 Å². The molecule has 2 N–H and O–H groups in total. The number of rotatable bonds is 6. The number of nitrogens with zero attached hydrogens (tertiary/aromatic N) is 2. The lowest BCUT2D eigenvalue weighted by Gasteiger charge is -2.35. The van der Waals surface area contributed by atoms with Crippen LogP contribution < -0.4 is 9.64 Å². The van der Waals surface area contributed by atoms with Crippen molar-refractivity contribution in [3.63, 3.8) is 0 Å². The Labute approximate surface area is 239 Å². The second-order valence-electron chi connectivity index (χ2n) is 12.9. The standard InChI is InChI=1S/C35H42N2O3/c1-10-17-40-26-15-16-30-27(20-26)31(25-13-11-24(12-14-25)22(2)3)36-33(39)37(30)21-23-18-28(34(4,5)6)32(38)29(19-23)35(7,8)9/h1,11-16,18-20,22,33,38-39H,17,21H2,2-9H3. The molecule has 3 aromatic carbocycles. The van der Waals surface area contributed by atoms with E-state index >= 15 is 0 Å². The van der Waals surface area contributed by atoms with Gasteiger partial charge in [0.1, 0.15) is 18.1 Å². The maximum atomic E-state index is 11.4. The van der Waals surface area contributed by atoms with Crippen LogP contribution in [0.3, 0.4) is 0 Å². The predicted molar refractivity (Wildman–Crippen MR) is 165 cm³/mol. The summed E-state index contributed by atoms with van der Waals surface area (Å²) in [7, 11) is 0. The fourth-order valence-corrected chi connectivity index (χ4v) is 5.10. The average molecular weight is 539 g/mol. The minimum absolute atomic E-state index is 0.166. The number of phenolic OH excluding ortho intramolecular Hbond substituents is 1. The van der Waals surface area contributed by atoms with Crippen molar-refractivity contribution < 1.29 is 14.9 Å². The van der Waals surface area contributed by atoms with E-state index in [0.29, 0.717) is 29.7 Å². The largest absolute Gasteiger partial charge is 0.507 e. The number of aromatic hydroxyl groups is 1. The Bertz CT molecular complexity index is 1410. The first-order valence-electron chi connectivity index (χ1n) is 13.9. The monoisotopic (exact) mass is 538 g/mol. The Kier molecular flexibility index (Phi) is 8.06. The van der Waals surface area contributed by atoms with Gasteiger partial charge in [0.05, 0.1) is 11.4 Å². The molecule has 0 saturated heterocycles. The first kappa shape index (κ1) is 29.2. The van der Waals surface area contributed by atoms with Crippen LogP contribution >= 0.6 is 0 Å². The maximum absolute atomic E-state index is 11.4. The van der Waals surface area contributed by atoms with Gasteiger partial charge < -0.3 is 19.8 Å². The summed E-state index contributed by atoms with van der Waals surface area (Å²) in [5.41, 5.74) is 6.83. The Balaban J connectivity index is 1.82. The third-order valence-electron chi connectivity index (χ3n) is 7.37. The molecule has 40 heavy (non-hydrogen) atoms. The molecular formula is C35H42N2O3. The molecule has 0 amide bonds. The van der Waals surface area contributed by atoms with E-state index in [1.54, 1.807) is 0 Å². The number of aliphatic hydroxyl groups excluding tert-OH is 1. The number of ether oxygens (including phenoxy) is 1. The van der Waals surface area contributed by atoms with Crippen LogP contribution in [0.4, 0.5) is 5.69 Å². The van der Waals surface area contributed by atoms with E-state index in [1.807, 2.05) is 35.2 Å². The van der Waals surface area contributed by atoms with Crippen LogP contribution in [-0.2, 0) is 17.4 Å². The molecule has 1 aliphatic heterocycles. The zero-order chi connectivity index (χ0) is 29.4. The van der Waals surface area contributed by atoms with Crippen LogP contribution in [0.25, 0.3) is 0 Å². The van der Waals surface area contributed by atoms with Gasteiger partial charge in [0.25, 0.3) is 0 Å². The van der Waals surface area contributed by atoms with Crippen molar-refractivity contribution >= 4 is 11.4 Å². The zero-order valence-electron chi connectivity index (χ0n) is 25.0. The molecule has 1 atom stereocenters. The molecule has 0 aromatic heterocycles. The second-order valence-corrected chi connectivity index (χ2v) is 12.9. The summed E-state index contributed by atoms with van der Waals surface area (Å²) in [4.78, 5) is 6.67. The Hall–Kier alpha value is -3.75. The summed E-state index contributed by atoms with van der Waals surface area (Å²) in [6, 6.07) is 18.2. The number of hydrogen-bond acceptors (Lipinski definition) is 5. The summed E-state index contributed by atoms with van der Waals surface area (Å²) < 4.78 is 5.76. The third kappa shape index (κ3) is 6.03. The van der Waals surface area contributed by atoms with Gasteiger partial charge in [-0.05, 0) is 69.3 Å². The SMILES string of the molecule is C#CCOc1ccc2c(c1)C(c1ccc(C(C)C)cc1)=NC(O)N2Cc1cc(C(C)(C)C)c(O)c(C(C)(C)C)c1. The van der Waals surface area contributed by atoms with Crippen LogP contribution in [0.15, 0.2) is 59.6 Å². The first-order valence-corrected chi connectivity index (χ1v) is 13.9. The summed E-state index contributed by atoms with van der Waals surface area (Å²) in [6.07, 6.45) is 4.35. The molecule has 5 nitrogen and oxygen atoms in total. The van der Waals surface area contributed by atoms with E-state index in [1.165, 1.54) is 5.56 Å². The van der Waals surface area contributed by atoms with E-state index in [2.05, 4.69) is 85.6 Å². The number of terminal acetylenes is 1. The van der Waals surface area contributed by atoms with Gasteiger partial charge in [-0.2, -0.15) is 0 Å². The number of aliphatic imine (C=N–C) groups is 1. The first-order chi connectivity index (χ1) is 18.7. The molecule has 1 unspecified atom stereocenters. The van der Waals surface area contributed by atoms with Crippen molar-refractivity contribution in [2.24, 2.45) is 4.99 Å². The van der Waals surface area contributed by atoms with Gasteiger partial charge in [-0.15, -0.1) is 6.42 Å². The number of aliphatic hydroxyl groups is 1. The van der Waals surface area contributed by atoms with Crippen LogP contribution in [0.1, 0.15) is 94.7 Å². The maximum Gasteiger partial charge on any atom is 0.226 e. The zero-order valence-corrected chi connectivity index (χ0v) is 25.0. The van der Waals surface area contributed by atoms with Crippen LogP contribution in [0.2, 0.25) is 0 Å². The summed E-state index contributed by atoms with van der Waals surface area (Å²) in [5, 5.41) is 22.6. The number of phenols is 1. The van der Waals surface area contributed by atoms with Gasteiger partial charge in [-0.25, -0.2) is 4.99 Å². The molecule has 0 fully saturated rings. The number of benzene rings is 3. The lowest BCUT2D eigenvalue weighted by Crippen LogP contribution is -2.38. The molecule has 5 heteroatoms. The molecule has 3 aromatic rings. The summed E-state index contributed by atoms with van der Waals surface area (Å²) in [5.74, 6) is 3.92. The highest BCUT2D eigenvalue weighted by molar-refractivity contribution is 6.17. The van der Waals surface area contributed by atoms with Crippen molar-refractivity contribution in [2.75, 3.05) is 11.5 Å². The topological polar surface area (TPSA) is 65.3 Å². The van der Waals surface area contributed by atoms with Gasteiger partial charge in [0.2, 0.25) is 6.35 Å². The quantitative estimate of drug-likeness (QED) is 0.324. The van der Waals surface area contributed by atoms with Crippen LogP contribution in [0, 0.1) is 12.3 Å². The molecule has 0 spiro atoms. The molecule has 0 bridgehead atoms. The smallest absolute Gasteiger partial charge is 0.226 e. The summed E-state index contributed by atoms with van der Waals surface area (Å²) >= 11 is 0. The van der Waals surface area contributed by atoms with E-state index in [0.717, 1.165) is 33.5 Å². The lowest BCUT2D eigenvalue weighted by molar-refractivity contribution is 0.175. The molecule has 4 rings (SSSR count). The second kappa shape index (κ2) is 11.0. The Morgan fingerprint density at radius 1 is 0.950 bits per heavy atom. The average Bonchev–Trinajstić information content (AvgIpc) is 2.88. The van der Waals surface area contributed by atoms with Crippen molar-refractivity contribution in [3.05, 3.63) is 88.0 Å². The van der Waals surface area contributed by atoms with Gasteiger partial charge in [-0.3, -0.25) is 0 Å². The Morgan fingerprint density at radius 3 is 2.08 bits per heavy atom. The molecule has 0 aliphatic carbocycles. The fourth-order valence-electron chi connectivity index (χ4n) is 5.10. The van der Waals surface area contributed by atoms with E-state index < -0.39 is 6.35 Å². The minimum Gasteiger partial charge on any atom is -0.507 e. The normalized spacial score (nSPS) is 15.5. The molecule has 0 saturated carbocycles. The van der Waals surface area contributed by atoms with Gasteiger partial charge >= 0.3 is 0 Å². The van der Waals surface area contributed by atoms with E-state index in [9.17, 15) is 10.2 Å². The molecular weight excluding hydrogens is 496 g/mol. The number of hydrogen-bond donors (Lipinski definition) is 2.